The van der Waals surface area contributed by atoms with Gasteiger partial charge in [-0.3, -0.25) is 30.5 Å². The Morgan fingerprint density at radius 3 is 1.40 bits per heavy atom. The molecule has 2 amide bonds. The molecule has 0 aliphatic heterocycles. The molecule has 8 heteroatoms. The van der Waals surface area contributed by atoms with Crippen molar-refractivity contribution in [1.82, 2.24) is 20.9 Å². The molecule has 0 radical (unpaired) electrons. The first kappa shape index (κ1) is 20.0. The lowest BCUT2D eigenvalue weighted by Crippen LogP contribution is -2.51. The normalized spacial score (nSPS) is 18.7. The van der Waals surface area contributed by atoms with Crippen molar-refractivity contribution in [2.45, 2.75) is 59.8 Å². The van der Waals surface area contributed by atoms with Crippen LogP contribution in [-0.2, 0) is 9.59 Å². The zero-order chi connectivity index (χ0) is 18.8. The summed E-state index contributed by atoms with van der Waals surface area (Å²) in [6.07, 6.45) is 3.91. The van der Waals surface area contributed by atoms with Crippen molar-refractivity contribution in [3.05, 3.63) is 0 Å². The smallest absolute Gasteiger partial charge is 0.248 e. The summed E-state index contributed by atoms with van der Waals surface area (Å²) >= 11 is 10.9. The third-order valence-corrected chi connectivity index (χ3v) is 6.42. The average Bonchev–Trinajstić information content (AvgIpc) is 3.48. The Kier molecular flexibility index (Phi) is 6.04. The van der Waals surface area contributed by atoms with Gasteiger partial charge in [0, 0.05) is 23.9 Å². The number of thiocarbonyl (C=S) groups is 2. The van der Waals surface area contributed by atoms with E-state index in [9.17, 15) is 9.59 Å². The van der Waals surface area contributed by atoms with Crippen LogP contribution in [0.25, 0.3) is 0 Å². The van der Waals surface area contributed by atoms with E-state index in [2.05, 4.69) is 24.7 Å². The van der Waals surface area contributed by atoms with E-state index in [4.69, 9.17) is 24.4 Å². The van der Waals surface area contributed by atoms with Gasteiger partial charge in [-0.1, -0.05) is 38.3 Å². The van der Waals surface area contributed by atoms with Gasteiger partial charge in [0.15, 0.2) is 0 Å². The number of amides is 2. The molecule has 2 aliphatic carbocycles. The van der Waals surface area contributed by atoms with Crippen LogP contribution in [0.2, 0.25) is 0 Å². The lowest BCUT2D eigenvalue weighted by Gasteiger charge is -2.29. The van der Waals surface area contributed by atoms with Crippen LogP contribution in [0.4, 0.5) is 0 Å². The van der Waals surface area contributed by atoms with E-state index >= 15 is 0 Å². The van der Waals surface area contributed by atoms with Crippen LogP contribution in [-0.4, -0.2) is 44.9 Å². The highest BCUT2D eigenvalue weighted by molar-refractivity contribution is 7.80. The number of hydrogen-bond donors (Lipinski definition) is 2. The molecular formula is C17H28N4O2S2. The minimum absolute atomic E-state index is 0.00574. The van der Waals surface area contributed by atoms with Crippen LogP contribution in [0.3, 0.4) is 0 Å². The zero-order valence-corrected chi connectivity index (χ0v) is 17.1. The first-order valence-electron chi connectivity index (χ1n) is 8.88. The number of hydrogen-bond acceptors (Lipinski definition) is 4. The van der Waals surface area contributed by atoms with Crippen LogP contribution in [0, 0.1) is 10.8 Å². The number of hydrazine groups is 2. The number of carbonyl (C=O) groups excluding carboxylic acids is 2. The molecule has 140 valence electrons. The molecule has 2 saturated carbocycles. The van der Waals surface area contributed by atoms with Gasteiger partial charge in [-0.25, -0.2) is 0 Å². The van der Waals surface area contributed by atoms with Crippen LogP contribution in [0.1, 0.15) is 59.8 Å². The van der Waals surface area contributed by atoms with Gasteiger partial charge >= 0.3 is 0 Å². The molecule has 2 rings (SSSR count). The van der Waals surface area contributed by atoms with Gasteiger partial charge in [0.25, 0.3) is 0 Å². The standard InChI is InChI=1S/C17H28N4O2S2/c1-5-20(14(24)16(3)7-8-16)18-12(22)11-13(23)19-21(6-2)15(25)17(4)9-10-17/h5-11H2,1-4H3,(H,18,22)(H,19,23). The molecule has 2 fully saturated rings. The minimum Gasteiger partial charge on any atom is -0.279 e. The zero-order valence-electron chi connectivity index (χ0n) is 15.5. The third-order valence-electron chi connectivity index (χ3n) is 5.00. The van der Waals surface area contributed by atoms with E-state index in [-0.39, 0.29) is 29.1 Å². The maximum atomic E-state index is 12.2. The number of rotatable bonds is 6. The highest BCUT2D eigenvalue weighted by Crippen LogP contribution is 2.47. The summed E-state index contributed by atoms with van der Waals surface area (Å²) in [6, 6.07) is 0. The number of carbonyl (C=O) groups is 2. The SMILES string of the molecule is CCN(NC(=O)CC(=O)NN(CC)C(=S)C1(C)CC1)C(=S)C1(C)CC1. The summed E-state index contributed by atoms with van der Waals surface area (Å²) in [5, 5.41) is 3.34. The average molecular weight is 385 g/mol. The van der Waals surface area contributed by atoms with E-state index in [0.717, 1.165) is 35.7 Å². The minimum atomic E-state index is -0.370. The Morgan fingerprint density at radius 2 is 1.16 bits per heavy atom. The Labute approximate surface area is 160 Å². The Morgan fingerprint density at radius 1 is 0.840 bits per heavy atom. The summed E-state index contributed by atoms with van der Waals surface area (Å²) in [5.41, 5.74) is 5.51. The fourth-order valence-electron chi connectivity index (χ4n) is 2.53. The quantitative estimate of drug-likeness (QED) is 0.416. The van der Waals surface area contributed by atoms with Crippen molar-refractivity contribution < 1.29 is 9.59 Å². The van der Waals surface area contributed by atoms with Crippen molar-refractivity contribution in [2.75, 3.05) is 13.1 Å². The summed E-state index contributed by atoms with van der Waals surface area (Å²) in [5.74, 6) is -0.740. The fourth-order valence-corrected chi connectivity index (χ4v) is 3.28. The van der Waals surface area contributed by atoms with Crippen LogP contribution in [0.15, 0.2) is 0 Å². The number of nitrogens with one attached hydrogen (secondary N) is 2. The molecule has 6 nitrogen and oxygen atoms in total. The van der Waals surface area contributed by atoms with Gasteiger partial charge in [0.1, 0.15) is 16.4 Å². The van der Waals surface area contributed by atoms with E-state index in [1.54, 1.807) is 10.0 Å². The second-order valence-corrected chi connectivity index (χ2v) is 8.24. The van der Waals surface area contributed by atoms with Gasteiger partial charge < -0.3 is 0 Å². The highest BCUT2D eigenvalue weighted by Gasteiger charge is 2.45. The van der Waals surface area contributed by atoms with Crippen LogP contribution in [0.5, 0.6) is 0 Å². The molecule has 0 aromatic heterocycles. The predicted octanol–water partition coefficient (Wildman–Crippen LogP) is 2.34. The molecule has 25 heavy (non-hydrogen) atoms. The van der Waals surface area contributed by atoms with Gasteiger partial charge in [-0.15, -0.1) is 0 Å². The largest absolute Gasteiger partial charge is 0.279 e. The Hall–Kier alpha value is -1.28. The first-order valence-corrected chi connectivity index (χ1v) is 9.70. The highest BCUT2D eigenvalue weighted by atomic mass is 32.1. The van der Waals surface area contributed by atoms with Crippen molar-refractivity contribution in [3.63, 3.8) is 0 Å². The van der Waals surface area contributed by atoms with Gasteiger partial charge in [-0.05, 0) is 39.5 Å². The predicted molar refractivity (Wildman–Crippen MR) is 106 cm³/mol. The molecule has 0 heterocycles. The Balaban J connectivity index is 1.83. The molecule has 0 saturated heterocycles. The van der Waals surface area contributed by atoms with E-state index in [1.807, 2.05) is 13.8 Å². The van der Waals surface area contributed by atoms with Crippen molar-refractivity contribution >= 4 is 46.2 Å². The van der Waals surface area contributed by atoms with Crippen LogP contribution < -0.4 is 10.9 Å². The van der Waals surface area contributed by atoms with Crippen molar-refractivity contribution in [2.24, 2.45) is 10.8 Å². The van der Waals surface area contributed by atoms with Gasteiger partial charge in [0.2, 0.25) is 11.8 Å². The molecule has 0 atom stereocenters. The molecule has 0 aromatic rings. The van der Waals surface area contributed by atoms with E-state index in [0.29, 0.717) is 13.1 Å². The van der Waals surface area contributed by atoms with Gasteiger partial charge in [0.05, 0.1) is 0 Å². The fraction of sp³-hybridized carbons (Fsp3) is 0.765. The topological polar surface area (TPSA) is 64.7 Å². The van der Waals surface area contributed by atoms with E-state index < -0.39 is 0 Å². The number of nitrogens with zero attached hydrogens (tertiary/aromatic N) is 2. The molecule has 0 aromatic carbocycles. The lowest BCUT2D eigenvalue weighted by atomic mass is 10.1. The second-order valence-electron chi connectivity index (χ2n) is 7.47. The summed E-state index contributed by atoms with van der Waals surface area (Å²) < 4.78 is 0. The van der Waals surface area contributed by atoms with Crippen molar-refractivity contribution in [1.29, 1.82) is 0 Å². The van der Waals surface area contributed by atoms with Gasteiger partial charge in [-0.2, -0.15) is 0 Å². The third kappa shape index (κ3) is 4.88. The molecule has 0 bridgehead atoms. The Bertz CT molecular complexity index is 535. The molecular weight excluding hydrogens is 356 g/mol. The summed E-state index contributed by atoms with van der Waals surface area (Å²) in [4.78, 5) is 25.9. The lowest BCUT2D eigenvalue weighted by molar-refractivity contribution is -0.132. The molecule has 0 unspecified atom stereocenters. The van der Waals surface area contributed by atoms with Crippen LogP contribution >= 0.6 is 24.4 Å². The summed E-state index contributed by atoms with van der Waals surface area (Å²) in [6.45, 7) is 9.18. The molecule has 2 N–H and O–H groups in total. The second kappa shape index (κ2) is 7.53. The van der Waals surface area contributed by atoms with Crippen molar-refractivity contribution in [3.8, 4) is 0 Å². The first-order chi connectivity index (χ1) is 11.6. The summed E-state index contributed by atoms with van der Waals surface area (Å²) in [7, 11) is 0. The maximum Gasteiger partial charge on any atom is 0.248 e. The van der Waals surface area contributed by atoms with E-state index in [1.165, 1.54) is 0 Å². The molecule has 0 spiro atoms. The molecule has 2 aliphatic rings. The maximum absolute atomic E-state index is 12.2. The monoisotopic (exact) mass is 384 g/mol.